The Balaban J connectivity index is 1.57. The lowest BCUT2D eigenvalue weighted by atomic mass is 9.93. The Morgan fingerprint density at radius 1 is 1.48 bits per heavy atom. The molecule has 2 amide bonds. The summed E-state index contributed by atoms with van der Waals surface area (Å²) in [4.78, 5) is 24.5. The van der Waals surface area contributed by atoms with Crippen LogP contribution in [0.15, 0.2) is 4.79 Å². The normalized spacial score (nSPS) is 20.3. The first kappa shape index (κ1) is 15.8. The van der Waals surface area contributed by atoms with Crippen molar-refractivity contribution in [3.63, 3.8) is 0 Å². The van der Waals surface area contributed by atoms with E-state index in [-0.39, 0.29) is 18.3 Å². The molecule has 0 spiro atoms. The van der Waals surface area contributed by atoms with Crippen LogP contribution in [0.5, 0.6) is 0 Å². The lowest BCUT2D eigenvalue weighted by Gasteiger charge is -2.49. The minimum absolute atomic E-state index is 0.0312. The van der Waals surface area contributed by atoms with Gasteiger partial charge in [-0.15, -0.1) is 0 Å². The van der Waals surface area contributed by atoms with E-state index in [1.54, 1.807) is 0 Å². The summed E-state index contributed by atoms with van der Waals surface area (Å²) in [6, 6.07) is -0.566. The molecule has 2 fully saturated rings. The molecule has 0 bridgehead atoms. The summed E-state index contributed by atoms with van der Waals surface area (Å²) >= 11 is 0. The van der Waals surface area contributed by atoms with Gasteiger partial charge in [0.25, 0.3) is 0 Å². The van der Waals surface area contributed by atoms with Crippen molar-refractivity contribution in [1.29, 1.82) is 0 Å². The van der Waals surface area contributed by atoms with Crippen molar-refractivity contribution >= 4 is 6.03 Å². The third-order valence-electron chi connectivity index (χ3n) is 4.17. The van der Waals surface area contributed by atoms with Crippen LogP contribution in [0.4, 0.5) is 18.0 Å². The molecule has 0 unspecified atom stereocenters. The first-order valence-corrected chi connectivity index (χ1v) is 7.08. The Morgan fingerprint density at radius 2 is 2.13 bits per heavy atom. The van der Waals surface area contributed by atoms with Gasteiger partial charge >= 0.3 is 17.9 Å². The van der Waals surface area contributed by atoms with Crippen molar-refractivity contribution in [2.45, 2.75) is 37.2 Å². The predicted molar refractivity (Wildman–Crippen MR) is 70.7 cm³/mol. The van der Waals surface area contributed by atoms with Crippen LogP contribution in [-0.2, 0) is 11.3 Å². The maximum absolute atomic E-state index is 12.9. The fraction of sp³-hybridized carbons (Fsp3) is 0.750. The van der Waals surface area contributed by atoms with E-state index in [4.69, 9.17) is 0 Å². The SMILES string of the molecule is COC1(C(F)(F)F)CN(C(=O)NCc2n[nH]c(=O)n2C2CC2)C1. The van der Waals surface area contributed by atoms with Gasteiger partial charge in [0.05, 0.1) is 19.6 Å². The third kappa shape index (κ3) is 2.69. The maximum atomic E-state index is 12.9. The molecule has 0 aromatic carbocycles. The second-order valence-corrected chi connectivity index (χ2v) is 5.76. The van der Waals surface area contributed by atoms with Gasteiger partial charge in [-0.25, -0.2) is 14.7 Å². The van der Waals surface area contributed by atoms with Gasteiger partial charge in [-0.1, -0.05) is 0 Å². The van der Waals surface area contributed by atoms with Crippen LogP contribution in [-0.4, -0.2) is 57.7 Å². The van der Waals surface area contributed by atoms with E-state index in [9.17, 15) is 22.8 Å². The van der Waals surface area contributed by atoms with Gasteiger partial charge in [0.15, 0.2) is 11.4 Å². The van der Waals surface area contributed by atoms with E-state index < -0.39 is 30.9 Å². The number of hydrogen-bond acceptors (Lipinski definition) is 4. The Bertz CT molecular complexity index is 658. The summed E-state index contributed by atoms with van der Waals surface area (Å²) < 4.78 is 44.6. The highest BCUT2D eigenvalue weighted by Crippen LogP contribution is 2.40. The van der Waals surface area contributed by atoms with Gasteiger partial charge in [0.2, 0.25) is 0 Å². The molecule has 2 N–H and O–H groups in total. The van der Waals surface area contributed by atoms with Crippen LogP contribution < -0.4 is 11.0 Å². The van der Waals surface area contributed by atoms with Gasteiger partial charge in [-0.3, -0.25) is 4.57 Å². The lowest BCUT2D eigenvalue weighted by Crippen LogP contribution is -2.72. The second kappa shape index (κ2) is 5.25. The highest BCUT2D eigenvalue weighted by molar-refractivity contribution is 5.75. The Hall–Kier alpha value is -2.04. The highest BCUT2D eigenvalue weighted by atomic mass is 19.4. The number of hydrogen-bond donors (Lipinski definition) is 2. The number of rotatable bonds is 4. The number of urea groups is 1. The number of aromatic nitrogens is 3. The van der Waals surface area contributed by atoms with Crippen molar-refractivity contribution in [3.8, 4) is 0 Å². The summed E-state index contributed by atoms with van der Waals surface area (Å²) in [5.74, 6) is 0.361. The highest BCUT2D eigenvalue weighted by Gasteiger charge is 2.63. The standard InChI is InChI=1S/C12H16F3N5O3/c1-23-11(12(13,14)15)5-19(6-11)9(21)16-4-8-17-18-10(22)20(8)7-2-3-7/h7H,2-6H2,1H3,(H,16,21)(H,18,22). The molecule has 1 aliphatic carbocycles. The van der Waals surface area contributed by atoms with Crippen LogP contribution in [0, 0.1) is 0 Å². The number of nitrogens with one attached hydrogen (secondary N) is 2. The molecular formula is C12H16F3N5O3. The minimum atomic E-state index is -4.53. The number of amides is 2. The average Bonchev–Trinajstić information content (AvgIpc) is 3.18. The zero-order chi connectivity index (χ0) is 16.8. The van der Waals surface area contributed by atoms with Gasteiger partial charge in [-0.05, 0) is 12.8 Å². The number of methoxy groups -OCH3 is 1. The molecule has 1 aromatic rings. The quantitative estimate of drug-likeness (QED) is 0.832. The van der Waals surface area contributed by atoms with E-state index in [1.165, 1.54) is 4.57 Å². The van der Waals surface area contributed by atoms with E-state index in [2.05, 4.69) is 20.3 Å². The Kier molecular flexibility index (Phi) is 3.62. The van der Waals surface area contributed by atoms with E-state index in [1.807, 2.05) is 0 Å². The Morgan fingerprint density at radius 3 is 2.65 bits per heavy atom. The van der Waals surface area contributed by atoms with Crippen molar-refractivity contribution in [2.75, 3.05) is 20.2 Å². The summed E-state index contributed by atoms with van der Waals surface area (Å²) in [5.41, 5.74) is -2.65. The van der Waals surface area contributed by atoms with Crippen LogP contribution in [0.2, 0.25) is 0 Å². The number of nitrogens with zero attached hydrogens (tertiary/aromatic N) is 3. The monoisotopic (exact) mass is 335 g/mol. The molecule has 0 radical (unpaired) electrons. The molecule has 0 atom stereocenters. The zero-order valence-electron chi connectivity index (χ0n) is 12.3. The number of alkyl halides is 3. The fourth-order valence-electron chi connectivity index (χ4n) is 2.58. The second-order valence-electron chi connectivity index (χ2n) is 5.76. The van der Waals surface area contributed by atoms with Crippen LogP contribution in [0.25, 0.3) is 0 Å². The van der Waals surface area contributed by atoms with Crippen LogP contribution in [0.1, 0.15) is 24.7 Å². The Labute approximate surface area is 128 Å². The predicted octanol–water partition coefficient (Wildman–Crippen LogP) is 0.379. The number of aromatic amines is 1. The molecule has 1 aromatic heterocycles. The molecule has 1 saturated carbocycles. The van der Waals surface area contributed by atoms with Crippen molar-refractivity contribution in [1.82, 2.24) is 25.0 Å². The third-order valence-corrected chi connectivity index (χ3v) is 4.17. The number of ether oxygens (including phenoxy) is 1. The lowest BCUT2D eigenvalue weighted by molar-refractivity contribution is -0.303. The van der Waals surface area contributed by atoms with Gasteiger partial charge in [0.1, 0.15) is 0 Å². The van der Waals surface area contributed by atoms with Crippen LogP contribution >= 0.6 is 0 Å². The van der Waals surface area contributed by atoms with Crippen LogP contribution in [0.3, 0.4) is 0 Å². The van der Waals surface area contributed by atoms with Gasteiger partial charge in [-0.2, -0.15) is 18.3 Å². The van der Waals surface area contributed by atoms with E-state index in [0.717, 1.165) is 24.9 Å². The topological polar surface area (TPSA) is 92.2 Å². The number of halogens is 3. The van der Waals surface area contributed by atoms with Crippen molar-refractivity contribution < 1.29 is 22.7 Å². The summed E-state index contributed by atoms with van der Waals surface area (Å²) in [6.45, 7) is -1.15. The molecule has 128 valence electrons. The molecular weight excluding hydrogens is 319 g/mol. The van der Waals surface area contributed by atoms with Crippen molar-refractivity contribution in [2.24, 2.45) is 0 Å². The van der Waals surface area contributed by atoms with Gasteiger partial charge < -0.3 is 15.0 Å². The summed E-state index contributed by atoms with van der Waals surface area (Å²) in [5, 5.41) is 8.60. The maximum Gasteiger partial charge on any atom is 0.420 e. The van der Waals surface area contributed by atoms with E-state index in [0.29, 0.717) is 5.82 Å². The molecule has 1 aliphatic heterocycles. The first-order valence-electron chi connectivity index (χ1n) is 7.08. The number of carbonyl (C=O) groups is 1. The molecule has 2 aliphatic rings. The van der Waals surface area contributed by atoms with E-state index >= 15 is 0 Å². The number of carbonyl (C=O) groups excluding carboxylic acids is 1. The smallest absolute Gasteiger partial charge is 0.365 e. The largest absolute Gasteiger partial charge is 0.420 e. The van der Waals surface area contributed by atoms with Gasteiger partial charge in [0, 0.05) is 13.2 Å². The van der Waals surface area contributed by atoms with Crippen molar-refractivity contribution in [3.05, 3.63) is 16.3 Å². The summed E-state index contributed by atoms with van der Waals surface area (Å²) in [6.07, 6.45) is -2.80. The summed E-state index contributed by atoms with van der Waals surface area (Å²) in [7, 11) is 0.973. The molecule has 23 heavy (non-hydrogen) atoms. The molecule has 3 rings (SSSR count). The average molecular weight is 335 g/mol. The minimum Gasteiger partial charge on any atom is -0.365 e. The fourth-order valence-corrected chi connectivity index (χ4v) is 2.58. The zero-order valence-corrected chi connectivity index (χ0v) is 12.3. The first-order chi connectivity index (χ1) is 10.8. The number of likely N-dealkylation sites (tertiary alicyclic amines) is 1. The molecule has 11 heteroatoms. The molecule has 1 saturated heterocycles. The number of H-pyrrole nitrogens is 1. The molecule has 8 nitrogen and oxygen atoms in total. The molecule has 2 heterocycles.